The van der Waals surface area contributed by atoms with E-state index in [9.17, 15) is 14.0 Å². The first-order chi connectivity index (χ1) is 8.99. The number of nitrogens with one attached hydrogen (secondary N) is 1. The zero-order chi connectivity index (χ0) is 14.3. The Bertz CT molecular complexity index is 453. The SMILES string of the molecule is CC(=O)NC(CCSCc1cccc(F)c1)C(=O)O. The van der Waals surface area contributed by atoms with E-state index in [1.165, 1.54) is 30.8 Å². The lowest BCUT2D eigenvalue weighted by Crippen LogP contribution is -2.39. The quantitative estimate of drug-likeness (QED) is 0.752. The average Bonchev–Trinajstić information content (AvgIpc) is 2.32. The third-order valence-corrected chi connectivity index (χ3v) is 3.45. The minimum atomic E-state index is -1.04. The second-order valence-corrected chi connectivity index (χ2v) is 5.17. The largest absolute Gasteiger partial charge is 0.480 e. The Hall–Kier alpha value is -1.56. The van der Waals surface area contributed by atoms with E-state index in [1.54, 1.807) is 6.07 Å². The number of amides is 1. The first kappa shape index (κ1) is 15.5. The standard InChI is InChI=1S/C13H16FNO3S/c1-9(16)15-12(13(17)18)5-6-19-8-10-3-2-4-11(14)7-10/h2-4,7,12H,5-6,8H2,1H3,(H,15,16)(H,17,18). The van der Waals surface area contributed by atoms with E-state index in [0.717, 1.165) is 5.56 Å². The van der Waals surface area contributed by atoms with Gasteiger partial charge < -0.3 is 10.4 Å². The second-order valence-electron chi connectivity index (χ2n) is 4.06. The first-order valence-electron chi connectivity index (χ1n) is 5.81. The predicted molar refractivity (Wildman–Crippen MR) is 72.4 cm³/mol. The molecule has 4 nitrogen and oxygen atoms in total. The van der Waals surface area contributed by atoms with Crippen molar-refractivity contribution in [3.8, 4) is 0 Å². The van der Waals surface area contributed by atoms with Crippen LogP contribution in [0.25, 0.3) is 0 Å². The van der Waals surface area contributed by atoms with Crippen LogP contribution in [-0.4, -0.2) is 28.8 Å². The molecule has 0 aromatic heterocycles. The number of hydrogen-bond donors (Lipinski definition) is 2. The molecule has 0 aliphatic carbocycles. The van der Waals surface area contributed by atoms with Crippen LogP contribution in [0.2, 0.25) is 0 Å². The number of carboxylic acid groups (broad SMARTS) is 1. The van der Waals surface area contributed by atoms with Gasteiger partial charge in [-0.2, -0.15) is 11.8 Å². The summed E-state index contributed by atoms with van der Waals surface area (Å²) in [5.41, 5.74) is 0.858. The van der Waals surface area contributed by atoms with Crippen molar-refractivity contribution in [1.29, 1.82) is 0 Å². The Morgan fingerprint density at radius 2 is 2.21 bits per heavy atom. The molecule has 1 unspecified atom stereocenters. The highest BCUT2D eigenvalue weighted by Gasteiger charge is 2.17. The molecule has 0 bridgehead atoms. The fourth-order valence-electron chi connectivity index (χ4n) is 1.52. The molecule has 0 aliphatic heterocycles. The molecule has 1 amide bonds. The Morgan fingerprint density at radius 1 is 1.47 bits per heavy atom. The number of carbonyl (C=O) groups is 2. The molecule has 1 rings (SSSR count). The van der Waals surface area contributed by atoms with Gasteiger partial charge in [-0.15, -0.1) is 0 Å². The van der Waals surface area contributed by atoms with Gasteiger partial charge in [-0.05, 0) is 29.9 Å². The van der Waals surface area contributed by atoms with E-state index >= 15 is 0 Å². The van der Waals surface area contributed by atoms with Gasteiger partial charge in [0.2, 0.25) is 5.91 Å². The highest BCUT2D eigenvalue weighted by molar-refractivity contribution is 7.98. The van der Waals surface area contributed by atoms with Gasteiger partial charge >= 0.3 is 5.97 Å². The summed E-state index contributed by atoms with van der Waals surface area (Å²) in [4.78, 5) is 21.7. The van der Waals surface area contributed by atoms with Crippen LogP contribution in [0.4, 0.5) is 4.39 Å². The molecule has 0 radical (unpaired) electrons. The minimum Gasteiger partial charge on any atom is -0.480 e. The lowest BCUT2D eigenvalue weighted by molar-refractivity contribution is -0.141. The van der Waals surface area contributed by atoms with Gasteiger partial charge in [0.25, 0.3) is 0 Å². The van der Waals surface area contributed by atoms with Crippen molar-refractivity contribution in [2.24, 2.45) is 0 Å². The Balaban J connectivity index is 2.32. The Kier molecular flexibility index (Phi) is 6.35. The number of aliphatic carboxylic acids is 1. The van der Waals surface area contributed by atoms with Crippen LogP contribution in [0.3, 0.4) is 0 Å². The number of rotatable bonds is 7. The smallest absolute Gasteiger partial charge is 0.326 e. The third kappa shape index (κ3) is 6.24. The molecule has 19 heavy (non-hydrogen) atoms. The molecule has 0 aliphatic rings. The van der Waals surface area contributed by atoms with Crippen molar-refractivity contribution >= 4 is 23.6 Å². The fraction of sp³-hybridized carbons (Fsp3) is 0.385. The average molecular weight is 285 g/mol. The van der Waals surface area contributed by atoms with Crippen molar-refractivity contribution in [1.82, 2.24) is 5.32 Å². The molecule has 1 atom stereocenters. The number of carbonyl (C=O) groups excluding carboxylic acids is 1. The van der Waals surface area contributed by atoms with Gasteiger partial charge in [0.05, 0.1) is 0 Å². The van der Waals surface area contributed by atoms with Crippen molar-refractivity contribution in [3.05, 3.63) is 35.6 Å². The third-order valence-electron chi connectivity index (χ3n) is 2.38. The van der Waals surface area contributed by atoms with Crippen LogP contribution < -0.4 is 5.32 Å². The first-order valence-corrected chi connectivity index (χ1v) is 6.96. The normalized spacial score (nSPS) is 11.9. The van der Waals surface area contributed by atoms with E-state index < -0.39 is 12.0 Å². The molecule has 1 aromatic rings. The molecule has 6 heteroatoms. The number of hydrogen-bond acceptors (Lipinski definition) is 3. The summed E-state index contributed by atoms with van der Waals surface area (Å²) in [6, 6.07) is 5.43. The van der Waals surface area contributed by atoms with Gasteiger partial charge in [-0.25, -0.2) is 9.18 Å². The van der Waals surface area contributed by atoms with Gasteiger partial charge in [0, 0.05) is 12.7 Å². The lowest BCUT2D eigenvalue weighted by Gasteiger charge is -2.12. The molecule has 104 valence electrons. The maximum absolute atomic E-state index is 12.9. The van der Waals surface area contributed by atoms with E-state index in [1.807, 2.05) is 6.07 Å². The number of carboxylic acids is 1. The maximum Gasteiger partial charge on any atom is 0.326 e. The van der Waals surface area contributed by atoms with E-state index in [4.69, 9.17) is 5.11 Å². The highest BCUT2D eigenvalue weighted by Crippen LogP contribution is 2.14. The van der Waals surface area contributed by atoms with Crippen molar-refractivity contribution in [3.63, 3.8) is 0 Å². The van der Waals surface area contributed by atoms with Gasteiger partial charge in [0.1, 0.15) is 11.9 Å². The molecule has 2 N–H and O–H groups in total. The monoisotopic (exact) mass is 285 g/mol. The molecule has 0 spiro atoms. The maximum atomic E-state index is 12.9. The Labute approximate surface area is 115 Å². The predicted octanol–water partition coefficient (Wildman–Crippen LogP) is 2.04. The minimum absolute atomic E-state index is 0.278. The summed E-state index contributed by atoms with van der Waals surface area (Å²) >= 11 is 1.51. The Morgan fingerprint density at radius 3 is 2.79 bits per heavy atom. The molecule has 0 saturated heterocycles. The molecule has 0 fully saturated rings. The van der Waals surface area contributed by atoms with Crippen LogP contribution >= 0.6 is 11.8 Å². The molecule has 0 saturated carbocycles. The summed E-state index contributed by atoms with van der Waals surface area (Å²) < 4.78 is 12.9. The summed E-state index contributed by atoms with van der Waals surface area (Å²) in [5.74, 6) is -0.485. The van der Waals surface area contributed by atoms with Crippen LogP contribution in [0.5, 0.6) is 0 Å². The fourth-order valence-corrected chi connectivity index (χ4v) is 2.48. The van der Waals surface area contributed by atoms with Crippen LogP contribution in [0, 0.1) is 5.82 Å². The van der Waals surface area contributed by atoms with Crippen molar-refractivity contribution < 1.29 is 19.1 Å². The van der Waals surface area contributed by atoms with Crippen molar-refractivity contribution in [2.45, 2.75) is 25.1 Å². The zero-order valence-electron chi connectivity index (χ0n) is 10.6. The lowest BCUT2D eigenvalue weighted by atomic mass is 10.2. The van der Waals surface area contributed by atoms with Gasteiger partial charge in [-0.1, -0.05) is 12.1 Å². The van der Waals surface area contributed by atoms with Crippen LogP contribution in [-0.2, 0) is 15.3 Å². The topological polar surface area (TPSA) is 66.4 Å². The van der Waals surface area contributed by atoms with Crippen LogP contribution in [0.1, 0.15) is 18.9 Å². The summed E-state index contributed by atoms with van der Waals surface area (Å²) in [5, 5.41) is 11.3. The summed E-state index contributed by atoms with van der Waals surface area (Å²) in [6.07, 6.45) is 0.342. The zero-order valence-corrected chi connectivity index (χ0v) is 11.4. The summed E-state index contributed by atoms with van der Waals surface area (Å²) in [6.45, 7) is 1.29. The number of halogens is 1. The van der Waals surface area contributed by atoms with Gasteiger partial charge in [-0.3, -0.25) is 4.79 Å². The molecular weight excluding hydrogens is 269 g/mol. The number of thioether (sulfide) groups is 1. The van der Waals surface area contributed by atoms with Gasteiger partial charge in [0.15, 0.2) is 0 Å². The van der Waals surface area contributed by atoms with Crippen LogP contribution in [0.15, 0.2) is 24.3 Å². The number of benzene rings is 1. The van der Waals surface area contributed by atoms with E-state index in [2.05, 4.69) is 5.32 Å². The highest BCUT2D eigenvalue weighted by atomic mass is 32.2. The van der Waals surface area contributed by atoms with E-state index in [0.29, 0.717) is 17.9 Å². The molecular formula is C13H16FNO3S. The summed E-state index contributed by atoms with van der Waals surface area (Å²) in [7, 11) is 0. The second kappa shape index (κ2) is 7.78. The molecule has 0 heterocycles. The molecule has 1 aromatic carbocycles. The van der Waals surface area contributed by atoms with Crippen molar-refractivity contribution in [2.75, 3.05) is 5.75 Å². The van der Waals surface area contributed by atoms with E-state index in [-0.39, 0.29) is 11.7 Å².